The fourth-order valence-corrected chi connectivity index (χ4v) is 5.36. The predicted molar refractivity (Wildman–Crippen MR) is 189 cm³/mol. The maximum Gasteiger partial charge on any atom is 0.188 e. The Bertz CT molecular complexity index is 1820. The molecule has 312 valence electrons. The van der Waals surface area contributed by atoms with E-state index in [4.69, 9.17) is 25.5 Å². The van der Waals surface area contributed by atoms with Crippen molar-refractivity contribution in [3.8, 4) is 0 Å². The zero-order chi connectivity index (χ0) is 41.6. The molecule has 0 amide bonds. The summed E-state index contributed by atoms with van der Waals surface area (Å²) in [4.78, 5) is 2.63. The minimum Gasteiger partial charge on any atom is -0.394 e. The number of aromatic nitrogens is 24. The first-order chi connectivity index (χ1) is 27.3. The minimum absolute atomic E-state index is 0.0198. The van der Waals surface area contributed by atoms with Crippen LogP contribution in [0.1, 0.15) is 89.8 Å². The first-order valence-corrected chi connectivity index (χ1v) is 18.0. The van der Waals surface area contributed by atoms with Gasteiger partial charge in [0.1, 0.15) is 0 Å². The molecular weight excluding hydrogens is 752 g/mol. The lowest BCUT2D eigenvalue weighted by atomic mass is 9.91. The van der Waals surface area contributed by atoms with Crippen LogP contribution in [-0.4, -0.2) is 180 Å². The van der Waals surface area contributed by atoms with Crippen LogP contribution >= 0.6 is 0 Å². The Balaban J connectivity index is 0.000000189. The average molecular weight is 803 g/mol. The molecule has 6 aromatic heterocycles. The van der Waals surface area contributed by atoms with Crippen LogP contribution in [0.25, 0.3) is 0 Å². The molecule has 6 aromatic rings. The maximum absolute atomic E-state index is 9.04. The van der Waals surface area contributed by atoms with Crippen LogP contribution in [0.4, 0.5) is 0 Å². The molecule has 0 atom stereocenters. The van der Waals surface area contributed by atoms with Gasteiger partial charge in [0, 0.05) is 6.54 Å². The lowest BCUT2D eigenvalue weighted by Gasteiger charge is -2.21. The van der Waals surface area contributed by atoms with Crippen molar-refractivity contribution >= 4 is 0 Å². The van der Waals surface area contributed by atoms with Crippen LogP contribution in [0, 0.1) is 0 Å². The molecule has 0 spiro atoms. The second kappa shape index (κ2) is 19.9. The van der Waals surface area contributed by atoms with Gasteiger partial charge in [0.25, 0.3) is 0 Å². The Morgan fingerprint density at radius 1 is 0.386 bits per heavy atom. The van der Waals surface area contributed by atoms with E-state index in [2.05, 4.69) is 99.8 Å². The fourth-order valence-electron chi connectivity index (χ4n) is 5.36. The Labute approximate surface area is 325 Å². The van der Waals surface area contributed by atoms with E-state index in [0.717, 1.165) is 13.0 Å². The van der Waals surface area contributed by atoms with Crippen molar-refractivity contribution in [3.05, 3.63) is 34.9 Å². The molecule has 0 aromatic carbocycles. The molecule has 0 unspecified atom stereocenters. The van der Waals surface area contributed by atoms with Crippen molar-refractivity contribution in [2.75, 3.05) is 33.0 Å². The molecule has 0 aliphatic carbocycles. The number of aliphatic hydroxyl groups is 5. The lowest BCUT2D eigenvalue weighted by molar-refractivity contribution is 0.256. The van der Waals surface area contributed by atoms with Gasteiger partial charge in [-0.1, -0.05) is 6.92 Å². The van der Waals surface area contributed by atoms with Crippen LogP contribution in [0.3, 0.4) is 0 Å². The molecule has 0 aliphatic heterocycles. The topological polar surface area (TPSA) is 363 Å². The van der Waals surface area contributed by atoms with E-state index in [1.165, 1.54) is 19.0 Å². The van der Waals surface area contributed by atoms with Gasteiger partial charge in [0.2, 0.25) is 0 Å². The summed E-state index contributed by atoms with van der Waals surface area (Å²) >= 11 is 0. The molecule has 29 nitrogen and oxygen atoms in total. The summed E-state index contributed by atoms with van der Waals surface area (Å²) in [5.74, 6) is 3.34. The molecule has 5 N–H and O–H groups in total. The van der Waals surface area contributed by atoms with Crippen molar-refractivity contribution in [3.63, 3.8) is 0 Å². The predicted octanol–water partition coefficient (Wildman–Crippen LogP) is -4.67. The highest BCUT2D eigenvalue weighted by Gasteiger charge is 2.37. The number of rotatable bonds is 18. The fraction of sp³-hybridized carbons (Fsp3) is 0.786. The highest BCUT2D eigenvalue weighted by atomic mass is 16.3. The van der Waals surface area contributed by atoms with E-state index in [1.54, 1.807) is 9.36 Å². The van der Waals surface area contributed by atoms with Gasteiger partial charge in [-0.25, -0.2) is 18.7 Å². The first-order valence-electron chi connectivity index (χ1n) is 18.0. The zero-order valence-corrected chi connectivity index (χ0v) is 33.0. The third-order valence-electron chi connectivity index (χ3n) is 8.36. The van der Waals surface area contributed by atoms with Crippen LogP contribution < -0.4 is 0 Å². The Morgan fingerprint density at radius 2 is 0.684 bits per heavy atom. The highest BCUT2D eigenvalue weighted by Crippen LogP contribution is 2.28. The maximum atomic E-state index is 9.04. The number of aryl methyl sites for hydroxylation is 1. The molecule has 6 heterocycles. The van der Waals surface area contributed by atoms with Crippen molar-refractivity contribution in [2.45, 2.75) is 110 Å². The van der Waals surface area contributed by atoms with Gasteiger partial charge in [-0.3, -0.25) is 0 Å². The summed E-state index contributed by atoms with van der Waals surface area (Å²) in [5.41, 5.74) is -1.82. The third-order valence-corrected chi connectivity index (χ3v) is 8.36. The number of hydrogen-bond donors (Lipinski definition) is 5. The SMILES string of the molecule is CC(C)(c1nnn(CCO)n1)c1nnn(CCO)n1.CC(C)(c1nnnn1CCO)c1nnnn1CCO.CCCn1nnnc1C(C)(C)c1nnnn1CCO. The second-order valence-electron chi connectivity index (χ2n) is 13.8. The molecule has 0 saturated heterocycles. The number of aliphatic hydroxyl groups excluding tert-OH is 5. The summed E-state index contributed by atoms with van der Waals surface area (Å²) in [6.07, 6.45) is 0.940. The van der Waals surface area contributed by atoms with Crippen LogP contribution in [0.5, 0.6) is 0 Å². The van der Waals surface area contributed by atoms with Crippen molar-refractivity contribution in [1.82, 2.24) is 121 Å². The second-order valence-corrected chi connectivity index (χ2v) is 13.8. The standard InChI is InChI=1S/C10H18N8O.2C9H16N8O2/c1-4-5-17-8(11-13-15-17)10(2,3)9-12-14-16-18(9)6-7-19;1-9(2,7-10-12-14-16(7)3-5-18)8-11-13-15-17(8)4-6-19;1-9(2,7-10-14-16(12-7)3-5-18)8-11-15-17(13-8)4-6-19/h19H,4-7H2,1-3H3;2*18-19H,3-6H2,1-2H3. The molecule has 6 rings (SSSR count). The summed E-state index contributed by atoms with van der Waals surface area (Å²) in [6.45, 7) is 15.5. The van der Waals surface area contributed by atoms with E-state index in [-0.39, 0.29) is 46.1 Å². The van der Waals surface area contributed by atoms with E-state index in [1.807, 2.05) is 41.5 Å². The summed E-state index contributed by atoms with van der Waals surface area (Å²) < 4.78 is 6.36. The molecular formula is C28H50N24O5. The van der Waals surface area contributed by atoms with Crippen molar-refractivity contribution in [1.29, 1.82) is 0 Å². The third kappa shape index (κ3) is 10.3. The smallest absolute Gasteiger partial charge is 0.188 e. The zero-order valence-electron chi connectivity index (χ0n) is 33.0. The van der Waals surface area contributed by atoms with E-state index >= 15 is 0 Å². The van der Waals surface area contributed by atoms with Gasteiger partial charge < -0.3 is 25.5 Å². The van der Waals surface area contributed by atoms with Gasteiger partial charge in [-0.05, 0) is 100 Å². The Kier molecular flexibility index (Phi) is 15.3. The minimum atomic E-state index is -0.651. The number of hydrogen-bond acceptors (Lipinski definition) is 23. The van der Waals surface area contributed by atoms with Crippen LogP contribution in [0.15, 0.2) is 0 Å². The van der Waals surface area contributed by atoms with Crippen LogP contribution in [0.2, 0.25) is 0 Å². The monoisotopic (exact) mass is 802 g/mol. The lowest BCUT2D eigenvalue weighted by Crippen LogP contribution is -2.30. The summed E-state index contributed by atoms with van der Waals surface area (Å²) in [6, 6.07) is 0. The average Bonchev–Trinajstić information content (AvgIpc) is 4.01. The molecule has 0 bridgehead atoms. The molecule has 0 radical (unpaired) electrons. The molecule has 0 aliphatic rings. The van der Waals surface area contributed by atoms with Gasteiger partial charge in [0.15, 0.2) is 34.9 Å². The largest absolute Gasteiger partial charge is 0.394 e. The summed E-state index contributed by atoms with van der Waals surface area (Å²) in [7, 11) is 0. The number of nitrogens with zero attached hydrogens (tertiary/aromatic N) is 24. The number of tetrazole rings is 6. The van der Waals surface area contributed by atoms with Gasteiger partial charge >= 0.3 is 0 Å². The Morgan fingerprint density at radius 3 is 0.965 bits per heavy atom. The van der Waals surface area contributed by atoms with E-state index in [0.29, 0.717) is 54.6 Å². The Hall–Kier alpha value is -5.78. The van der Waals surface area contributed by atoms with Gasteiger partial charge in [-0.2, -0.15) is 9.59 Å². The summed E-state index contributed by atoms with van der Waals surface area (Å²) in [5, 5.41) is 115. The highest BCUT2D eigenvalue weighted by molar-refractivity contribution is 5.18. The van der Waals surface area contributed by atoms with Crippen molar-refractivity contribution < 1.29 is 25.5 Å². The van der Waals surface area contributed by atoms with Crippen LogP contribution in [-0.2, 0) is 55.5 Å². The van der Waals surface area contributed by atoms with E-state index < -0.39 is 16.2 Å². The quantitative estimate of drug-likeness (QED) is 0.0545. The van der Waals surface area contributed by atoms with E-state index in [9.17, 15) is 0 Å². The molecule has 57 heavy (non-hydrogen) atoms. The normalized spacial score (nSPS) is 12.0. The first kappa shape index (κ1) is 43.9. The molecule has 29 heteroatoms. The van der Waals surface area contributed by atoms with Gasteiger partial charge in [0.05, 0.1) is 82.0 Å². The van der Waals surface area contributed by atoms with Gasteiger partial charge in [-0.15, -0.1) is 40.8 Å². The van der Waals surface area contributed by atoms with Crippen molar-refractivity contribution in [2.24, 2.45) is 0 Å². The molecule has 0 saturated carbocycles. The molecule has 0 fully saturated rings.